The molecule has 122 valence electrons. The Morgan fingerprint density at radius 3 is 2.64 bits per heavy atom. The van der Waals surface area contributed by atoms with Crippen LogP contribution >= 0.6 is 0 Å². The fourth-order valence-corrected chi connectivity index (χ4v) is 2.14. The zero-order chi connectivity index (χ0) is 16.6. The van der Waals surface area contributed by atoms with Crippen LogP contribution in [0.25, 0.3) is 0 Å². The average molecular weight is 317 g/mol. The Labute approximate surface area is 124 Å². The van der Waals surface area contributed by atoms with Gasteiger partial charge in [0.1, 0.15) is 12.2 Å². The summed E-state index contributed by atoms with van der Waals surface area (Å²) in [6.45, 7) is 1.50. The Hall–Kier alpha value is -2.04. The van der Waals surface area contributed by atoms with Crippen LogP contribution in [-0.4, -0.2) is 58.3 Å². The number of hydrogen-bond donors (Lipinski definition) is 2. The third kappa shape index (κ3) is 2.67. The van der Waals surface area contributed by atoms with Gasteiger partial charge in [-0.3, -0.25) is 9.47 Å². The lowest BCUT2D eigenvalue weighted by molar-refractivity contribution is -0.0355. The van der Waals surface area contributed by atoms with E-state index >= 15 is 0 Å². The number of amides is 1. The van der Waals surface area contributed by atoms with Gasteiger partial charge < -0.3 is 19.7 Å². The maximum atomic E-state index is 14.1. The highest BCUT2D eigenvalue weighted by Crippen LogP contribution is 2.28. The number of methoxy groups -OCH3 is 1. The molecule has 0 spiro atoms. The van der Waals surface area contributed by atoms with Gasteiger partial charge in [-0.25, -0.2) is 14.0 Å². The SMILES string of the molecule is COC(=O)N(C)c1nc(=O)n([C@H]2O[C@@H](C)[C@H](O)[C@@H]2O)cc1F. The van der Waals surface area contributed by atoms with Crippen molar-refractivity contribution in [3.63, 3.8) is 0 Å². The summed E-state index contributed by atoms with van der Waals surface area (Å²) in [5, 5.41) is 19.5. The molecule has 10 heteroatoms. The van der Waals surface area contributed by atoms with E-state index in [-0.39, 0.29) is 0 Å². The van der Waals surface area contributed by atoms with Crippen LogP contribution < -0.4 is 10.6 Å². The first-order chi connectivity index (χ1) is 10.3. The quantitative estimate of drug-likeness (QED) is 0.735. The lowest BCUT2D eigenvalue weighted by atomic mass is 10.1. The van der Waals surface area contributed by atoms with Crippen LogP contribution in [-0.2, 0) is 9.47 Å². The van der Waals surface area contributed by atoms with Crippen molar-refractivity contribution in [1.29, 1.82) is 0 Å². The predicted octanol–water partition coefficient (Wildman–Crippen LogP) is -0.776. The van der Waals surface area contributed by atoms with E-state index in [2.05, 4.69) is 9.72 Å². The number of aliphatic hydroxyl groups is 2. The van der Waals surface area contributed by atoms with Gasteiger partial charge in [0.25, 0.3) is 0 Å². The van der Waals surface area contributed by atoms with E-state index in [4.69, 9.17) is 4.74 Å². The van der Waals surface area contributed by atoms with Gasteiger partial charge in [-0.1, -0.05) is 0 Å². The van der Waals surface area contributed by atoms with E-state index in [1.165, 1.54) is 14.0 Å². The monoisotopic (exact) mass is 317 g/mol. The highest BCUT2D eigenvalue weighted by Gasteiger charge is 2.42. The van der Waals surface area contributed by atoms with E-state index in [9.17, 15) is 24.2 Å². The molecule has 22 heavy (non-hydrogen) atoms. The number of ether oxygens (including phenoxy) is 2. The molecule has 9 nitrogen and oxygen atoms in total. The molecule has 0 radical (unpaired) electrons. The smallest absolute Gasteiger partial charge is 0.415 e. The third-order valence-electron chi connectivity index (χ3n) is 3.41. The molecule has 1 saturated heterocycles. The summed E-state index contributed by atoms with van der Waals surface area (Å²) in [5.74, 6) is -1.51. The molecule has 1 aromatic rings. The molecule has 1 amide bonds. The fraction of sp³-hybridized carbons (Fsp3) is 0.583. The summed E-state index contributed by atoms with van der Waals surface area (Å²) in [4.78, 5) is 27.5. The number of aromatic nitrogens is 2. The topological polar surface area (TPSA) is 114 Å². The second kappa shape index (κ2) is 5.99. The Bertz CT molecular complexity index is 636. The van der Waals surface area contributed by atoms with Crippen molar-refractivity contribution in [2.24, 2.45) is 0 Å². The number of carbonyl (C=O) groups excluding carboxylic acids is 1. The van der Waals surface area contributed by atoms with Crippen molar-refractivity contribution in [2.45, 2.75) is 31.5 Å². The van der Waals surface area contributed by atoms with E-state index in [1.54, 1.807) is 0 Å². The summed E-state index contributed by atoms with van der Waals surface area (Å²) in [6.07, 6.45) is -4.76. The minimum atomic E-state index is -1.40. The van der Waals surface area contributed by atoms with Gasteiger partial charge in [-0.2, -0.15) is 4.98 Å². The van der Waals surface area contributed by atoms with Crippen LogP contribution in [0, 0.1) is 5.82 Å². The molecular weight excluding hydrogens is 301 g/mol. The zero-order valence-corrected chi connectivity index (χ0v) is 12.1. The number of hydrogen-bond acceptors (Lipinski definition) is 7. The lowest BCUT2D eigenvalue weighted by Gasteiger charge is -2.19. The first kappa shape index (κ1) is 16.3. The van der Waals surface area contributed by atoms with E-state index in [1.807, 2.05) is 0 Å². The predicted molar refractivity (Wildman–Crippen MR) is 70.9 cm³/mol. The van der Waals surface area contributed by atoms with Crippen LogP contribution in [0.15, 0.2) is 11.0 Å². The highest BCUT2D eigenvalue weighted by atomic mass is 19.1. The van der Waals surface area contributed by atoms with Crippen LogP contribution in [0.2, 0.25) is 0 Å². The van der Waals surface area contributed by atoms with Crippen LogP contribution in [0.1, 0.15) is 13.2 Å². The Kier molecular flexibility index (Phi) is 4.44. The molecule has 0 aromatic carbocycles. The maximum absolute atomic E-state index is 14.1. The minimum absolute atomic E-state index is 0.519. The number of rotatable bonds is 2. The summed E-state index contributed by atoms with van der Waals surface area (Å²) < 4.78 is 24.4. The molecule has 1 aliphatic heterocycles. The van der Waals surface area contributed by atoms with Gasteiger partial charge >= 0.3 is 11.8 Å². The summed E-state index contributed by atoms with van der Waals surface area (Å²) >= 11 is 0. The van der Waals surface area contributed by atoms with Crippen LogP contribution in [0.4, 0.5) is 15.0 Å². The number of nitrogens with zero attached hydrogens (tertiary/aromatic N) is 3. The summed E-state index contributed by atoms with van der Waals surface area (Å²) in [6, 6.07) is 0. The molecule has 1 aliphatic rings. The number of halogens is 1. The molecule has 1 fully saturated rings. The van der Waals surface area contributed by atoms with Crippen LogP contribution in [0.5, 0.6) is 0 Å². The first-order valence-corrected chi connectivity index (χ1v) is 6.40. The van der Waals surface area contributed by atoms with Crippen molar-refractivity contribution >= 4 is 11.9 Å². The molecule has 2 N–H and O–H groups in total. The number of aliphatic hydroxyl groups excluding tert-OH is 2. The Morgan fingerprint density at radius 1 is 1.50 bits per heavy atom. The van der Waals surface area contributed by atoms with Crippen molar-refractivity contribution in [2.75, 3.05) is 19.1 Å². The Morgan fingerprint density at radius 2 is 2.14 bits per heavy atom. The standard InChI is InChI=1S/C12H16FN3O6/c1-5-7(17)8(18)10(22-5)16-4-6(13)9(14-11(16)19)15(2)12(20)21-3/h4-5,7-8,10,17-18H,1-3H3/t5-,7-,8-,10-/m0/s1. The fourth-order valence-electron chi connectivity index (χ4n) is 2.14. The summed E-state index contributed by atoms with van der Waals surface area (Å²) in [7, 11) is 2.29. The zero-order valence-electron chi connectivity index (χ0n) is 12.1. The maximum Gasteiger partial charge on any atom is 0.415 e. The highest BCUT2D eigenvalue weighted by molar-refractivity contribution is 5.85. The Balaban J connectivity index is 2.39. The first-order valence-electron chi connectivity index (χ1n) is 6.40. The van der Waals surface area contributed by atoms with Crippen molar-refractivity contribution in [1.82, 2.24) is 9.55 Å². The second-order valence-corrected chi connectivity index (χ2v) is 4.84. The number of anilines is 1. The van der Waals surface area contributed by atoms with Gasteiger partial charge in [0, 0.05) is 7.05 Å². The molecule has 2 rings (SSSR count). The second-order valence-electron chi connectivity index (χ2n) is 4.84. The molecular formula is C12H16FN3O6. The van der Waals surface area contributed by atoms with E-state index < -0.39 is 48.0 Å². The van der Waals surface area contributed by atoms with Crippen molar-refractivity contribution < 1.29 is 28.9 Å². The van der Waals surface area contributed by atoms with Gasteiger partial charge in [-0.15, -0.1) is 0 Å². The van der Waals surface area contributed by atoms with Crippen molar-refractivity contribution in [3.05, 3.63) is 22.5 Å². The lowest BCUT2D eigenvalue weighted by Crippen LogP contribution is -2.37. The third-order valence-corrected chi connectivity index (χ3v) is 3.41. The molecule has 4 atom stereocenters. The molecule has 2 heterocycles. The van der Waals surface area contributed by atoms with Gasteiger partial charge in [0.2, 0.25) is 0 Å². The summed E-state index contributed by atoms with van der Waals surface area (Å²) in [5.41, 5.74) is -0.947. The molecule has 0 unspecified atom stereocenters. The van der Waals surface area contributed by atoms with Crippen LogP contribution in [0.3, 0.4) is 0 Å². The van der Waals surface area contributed by atoms with Gasteiger partial charge in [0.05, 0.1) is 19.4 Å². The van der Waals surface area contributed by atoms with Gasteiger partial charge in [0.15, 0.2) is 17.9 Å². The normalized spacial score (nSPS) is 27.7. The van der Waals surface area contributed by atoms with E-state index in [0.29, 0.717) is 0 Å². The minimum Gasteiger partial charge on any atom is -0.452 e. The largest absolute Gasteiger partial charge is 0.452 e. The molecule has 0 bridgehead atoms. The average Bonchev–Trinajstić information content (AvgIpc) is 2.75. The van der Waals surface area contributed by atoms with Gasteiger partial charge in [-0.05, 0) is 6.92 Å². The molecule has 0 saturated carbocycles. The molecule has 1 aromatic heterocycles. The van der Waals surface area contributed by atoms with Crippen molar-refractivity contribution in [3.8, 4) is 0 Å². The number of carbonyl (C=O) groups is 1. The van der Waals surface area contributed by atoms with E-state index in [0.717, 1.165) is 22.8 Å². The molecule has 0 aliphatic carbocycles.